The molecule has 6 atom stereocenters. The molecule has 1 aliphatic rings. The third-order valence-corrected chi connectivity index (χ3v) is 7.74. The Hall–Kier alpha value is -1.76. The zero-order valence-corrected chi connectivity index (χ0v) is 19.9. The minimum atomic E-state index is -5.80. The SMILES string of the molecule is COC(=O)COc1cn(C2OC(COP(=O)(O)OP(=O)(O)OP(=O)(O)O)C(O)C2O)c(=O)[nH]c1=O. The molecule has 0 bridgehead atoms. The maximum absolute atomic E-state index is 12.1. The lowest BCUT2D eigenvalue weighted by Crippen LogP contribution is -2.38. The molecule has 2 heterocycles. The molecule has 0 saturated carbocycles. The van der Waals surface area contributed by atoms with Gasteiger partial charge in [-0.15, -0.1) is 0 Å². The quantitative estimate of drug-likeness (QED) is 0.103. The molecule has 23 heteroatoms. The first-order chi connectivity index (χ1) is 15.9. The van der Waals surface area contributed by atoms with E-state index in [1.807, 2.05) is 0 Å². The van der Waals surface area contributed by atoms with E-state index in [0.717, 1.165) is 13.3 Å². The summed E-state index contributed by atoms with van der Waals surface area (Å²) in [5.74, 6) is -1.46. The van der Waals surface area contributed by atoms with Gasteiger partial charge in [-0.2, -0.15) is 8.62 Å². The van der Waals surface area contributed by atoms with Crippen molar-refractivity contribution in [1.29, 1.82) is 0 Å². The molecule has 20 nitrogen and oxygen atoms in total. The van der Waals surface area contributed by atoms with Crippen LogP contribution in [-0.2, 0) is 41.1 Å². The van der Waals surface area contributed by atoms with E-state index in [9.17, 15) is 43.2 Å². The highest BCUT2D eigenvalue weighted by Crippen LogP contribution is 2.66. The average Bonchev–Trinajstić information content (AvgIpc) is 2.97. The van der Waals surface area contributed by atoms with Crippen molar-refractivity contribution in [3.63, 3.8) is 0 Å². The Morgan fingerprint density at radius 3 is 2.29 bits per heavy atom. The molecule has 1 aliphatic heterocycles. The van der Waals surface area contributed by atoms with Crippen molar-refractivity contribution in [2.24, 2.45) is 0 Å². The predicted molar refractivity (Wildman–Crippen MR) is 105 cm³/mol. The number of carbonyl (C=O) groups is 1. The topological polar surface area (TPSA) is 300 Å². The Morgan fingerprint density at radius 1 is 1.09 bits per heavy atom. The highest BCUT2D eigenvalue weighted by molar-refractivity contribution is 7.66. The maximum atomic E-state index is 12.1. The molecule has 200 valence electrons. The van der Waals surface area contributed by atoms with Crippen molar-refractivity contribution < 1.29 is 75.6 Å². The van der Waals surface area contributed by atoms with Gasteiger partial charge in [0.25, 0.3) is 5.56 Å². The Bertz CT molecular complexity index is 1190. The second-order valence-corrected chi connectivity index (χ2v) is 10.9. The molecular formula is C12H19N2O18P3. The van der Waals surface area contributed by atoms with Crippen molar-refractivity contribution >= 4 is 29.4 Å². The summed E-state index contributed by atoms with van der Waals surface area (Å²) in [6.07, 6.45) is -6.54. The molecule has 7 N–H and O–H groups in total. The van der Waals surface area contributed by atoms with Gasteiger partial charge in [0.05, 0.1) is 19.9 Å². The van der Waals surface area contributed by atoms with E-state index in [2.05, 4.69) is 17.9 Å². The molecular weight excluding hydrogens is 553 g/mol. The van der Waals surface area contributed by atoms with Crippen LogP contribution in [0.4, 0.5) is 0 Å². The summed E-state index contributed by atoms with van der Waals surface area (Å²) < 4.78 is 60.1. The number of hydrogen-bond donors (Lipinski definition) is 7. The van der Waals surface area contributed by atoms with Gasteiger partial charge in [-0.05, 0) is 0 Å². The molecule has 2 rings (SSSR count). The second-order valence-electron chi connectivity index (χ2n) is 6.46. The van der Waals surface area contributed by atoms with Crippen LogP contribution in [0.2, 0.25) is 0 Å². The van der Waals surface area contributed by atoms with Crippen molar-refractivity contribution in [1.82, 2.24) is 9.55 Å². The Balaban J connectivity index is 2.14. The lowest BCUT2D eigenvalue weighted by Gasteiger charge is -2.19. The van der Waals surface area contributed by atoms with Crippen LogP contribution in [0.3, 0.4) is 0 Å². The highest BCUT2D eigenvalue weighted by atomic mass is 31.3. The molecule has 1 aromatic rings. The number of nitrogens with one attached hydrogen (secondary N) is 1. The van der Waals surface area contributed by atoms with E-state index >= 15 is 0 Å². The van der Waals surface area contributed by atoms with E-state index in [1.165, 1.54) is 0 Å². The largest absolute Gasteiger partial charge is 0.490 e. The van der Waals surface area contributed by atoms with Gasteiger partial charge < -0.3 is 44.0 Å². The number of esters is 1. The lowest BCUT2D eigenvalue weighted by molar-refractivity contribution is -0.143. The normalized spacial score (nSPS) is 26.0. The fraction of sp³-hybridized carbons (Fsp3) is 0.583. The van der Waals surface area contributed by atoms with Crippen molar-refractivity contribution in [3.05, 3.63) is 27.0 Å². The van der Waals surface area contributed by atoms with Gasteiger partial charge in [-0.25, -0.2) is 23.3 Å². The Kier molecular flexibility index (Phi) is 9.35. The summed E-state index contributed by atoms with van der Waals surface area (Å²) >= 11 is 0. The molecule has 1 fully saturated rings. The lowest BCUT2D eigenvalue weighted by atomic mass is 10.1. The summed E-state index contributed by atoms with van der Waals surface area (Å²) in [7, 11) is -15.9. The number of aromatic nitrogens is 2. The number of phosphoric acid groups is 3. The minimum Gasteiger partial charge on any atom is -0.475 e. The third-order valence-electron chi connectivity index (χ3n) is 3.94. The zero-order chi connectivity index (χ0) is 26.8. The number of aliphatic hydroxyl groups excluding tert-OH is 2. The van der Waals surface area contributed by atoms with Gasteiger partial charge in [-0.1, -0.05) is 0 Å². The number of methoxy groups -OCH3 is 1. The summed E-state index contributed by atoms with van der Waals surface area (Å²) in [4.78, 5) is 72.5. The maximum Gasteiger partial charge on any atom is 0.490 e. The van der Waals surface area contributed by atoms with E-state index in [4.69, 9.17) is 24.2 Å². The minimum absolute atomic E-state index is 0.548. The Labute approximate surface area is 193 Å². The molecule has 0 aliphatic carbocycles. The molecule has 35 heavy (non-hydrogen) atoms. The van der Waals surface area contributed by atoms with E-state index < -0.39 is 84.2 Å². The highest BCUT2D eigenvalue weighted by Gasteiger charge is 2.47. The van der Waals surface area contributed by atoms with Gasteiger partial charge in [-0.3, -0.25) is 18.9 Å². The van der Waals surface area contributed by atoms with Gasteiger partial charge >= 0.3 is 35.1 Å². The fourth-order valence-electron chi connectivity index (χ4n) is 2.52. The first kappa shape index (κ1) is 29.5. The van der Waals surface area contributed by atoms with Crippen LogP contribution in [0.25, 0.3) is 0 Å². The van der Waals surface area contributed by atoms with Crippen LogP contribution in [0, 0.1) is 0 Å². The average molecular weight is 572 g/mol. The van der Waals surface area contributed by atoms with Crippen LogP contribution in [-0.4, -0.2) is 83.9 Å². The monoisotopic (exact) mass is 572 g/mol. The molecule has 0 aromatic carbocycles. The summed E-state index contributed by atoms with van der Waals surface area (Å²) in [5, 5.41) is 20.3. The molecule has 0 spiro atoms. The summed E-state index contributed by atoms with van der Waals surface area (Å²) in [5.41, 5.74) is -2.22. The van der Waals surface area contributed by atoms with E-state index in [-0.39, 0.29) is 0 Å². The summed E-state index contributed by atoms with van der Waals surface area (Å²) in [6.45, 7) is -1.86. The first-order valence-electron chi connectivity index (χ1n) is 8.80. The number of aliphatic hydroxyl groups is 2. The molecule has 6 unspecified atom stereocenters. The smallest absolute Gasteiger partial charge is 0.475 e. The zero-order valence-electron chi connectivity index (χ0n) is 17.2. The number of carbonyl (C=O) groups excluding carboxylic acids is 1. The molecule has 0 amide bonds. The second kappa shape index (κ2) is 11.1. The molecule has 1 saturated heterocycles. The van der Waals surface area contributed by atoms with Crippen molar-refractivity contribution in [2.45, 2.75) is 24.5 Å². The van der Waals surface area contributed by atoms with Gasteiger partial charge in [0, 0.05) is 0 Å². The standard InChI is InChI=1S/C12H19N2O18P3/c1-27-7(15)4-28-5-2-14(12(19)13-10(5)18)11-9(17)8(16)6(30-11)3-29-34(23,24)32-35(25,26)31-33(20,21)22/h2,6,8-9,11,16-17H,3-4H2,1H3,(H,23,24)(H,25,26)(H,13,18,19)(H2,20,21,22). The number of hydrogen-bond acceptors (Lipinski definition) is 14. The van der Waals surface area contributed by atoms with Crippen LogP contribution in [0.1, 0.15) is 6.23 Å². The molecule has 0 radical (unpaired) electrons. The van der Waals surface area contributed by atoms with E-state index in [0.29, 0.717) is 4.57 Å². The fourth-order valence-corrected chi connectivity index (χ4v) is 5.55. The number of rotatable bonds is 11. The van der Waals surface area contributed by atoms with E-state index in [1.54, 1.807) is 4.98 Å². The van der Waals surface area contributed by atoms with Crippen molar-refractivity contribution in [2.75, 3.05) is 20.3 Å². The number of phosphoric ester groups is 1. The summed E-state index contributed by atoms with van der Waals surface area (Å²) in [6, 6.07) is 0. The van der Waals surface area contributed by atoms with Crippen molar-refractivity contribution in [3.8, 4) is 5.75 Å². The van der Waals surface area contributed by atoms with Gasteiger partial charge in [0.15, 0.2) is 12.8 Å². The van der Waals surface area contributed by atoms with Crippen LogP contribution >= 0.6 is 23.5 Å². The number of ether oxygens (including phenoxy) is 3. The van der Waals surface area contributed by atoms with Crippen LogP contribution in [0.15, 0.2) is 15.8 Å². The third kappa shape index (κ3) is 8.40. The number of nitrogens with zero attached hydrogens (tertiary/aromatic N) is 1. The van der Waals surface area contributed by atoms with Crippen LogP contribution in [0.5, 0.6) is 5.75 Å². The van der Waals surface area contributed by atoms with Gasteiger partial charge in [0.2, 0.25) is 5.75 Å². The Morgan fingerprint density at radius 2 is 1.71 bits per heavy atom. The predicted octanol–water partition coefficient (Wildman–Crippen LogP) is -2.95. The van der Waals surface area contributed by atoms with Gasteiger partial charge in [0.1, 0.15) is 18.3 Å². The van der Waals surface area contributed by atoms with Crippen LogP contribution < -0.4 is 16.0 Å². The number of aromatic amines is 1. The molecule has 1 aromatic heterocycles. The first-order valence-corrected chi connectivity index (χ1v) is 13.3. The number of H-pyrrole nitrogens is 1.